The molecule has 7 nitrogen and oxygen atoms in total. The molecule has 1 aromatic heterocycles. The molecule has 2 aromatic rings. The molecule has 2 fully saturated rings. The largest absolute Gasteiger partial charge is 0.497 e. The van der Waals surface area contributed by atoms with Gasteiger partial charge in [-0.25, -0.2) is 13.4 Å². The van der Waals surface area contributed by atoms with Gasteiger partial charge in [0.15, 0.2) is 9.84 Å². The molecule has 1 aromatic carbocycles. The SMILES string of the molecule is COc1ccc(-n2ccnc2CN2CCN(C)[C@H]3CS(=O)(=O)C[C@H]32)cc1. The van der Waals surface area contributed by atoms with Gasteiger partial charge in [0.2, 0.25) is 0 Å². The zero-order valence-corrected chi connectivity index (χ0v) is 15.9. The van der Waals surface area contributed by atoms with Crippen LogP contribution in [0.4, 0.5) is 0 Å². The lowest BCUT2D eigenvalue weighted by Crippen LogP contribution is -2.57. The number of likely N-dealkylation sites (N-methyl/N-ethyl adjacent to an activating group) is 1. The molecule has 2 saturated heterocycles. The lowest BCUT2D eigenvalue weighted by molar-refractivity contribution is 0.0552. The third-order valence-corrected chi connectivity index (χ3v) is 7.18. The number of methoxy groups -OCH3 is 1. The molecule has 0 unspecified atom stereocenters. The molecule has 0 bridgehead atoms. The Kier molecular flexibility index (Phi) is 4.50. The summed E-state index contributed by atoms with van der Waals surface area (Å²) in [6.07, 6.45) is 3.73. The monoisotopic (exact) mass is 376 g/mol. The lowest BCUT2D eigenvalue weighted by atomic mass is 10.1. The van der Waals surface area contributed by atoms with Crippen molar-refractivity contribution in [2.75, 3.05) is 38.8 Å². The number of nitrogens with zero attached hydrogens (tertiary/aromatic N) is 4. The van der Waals surface area contributed by atoms with Crippen molar-refractivity contribution >= 4 is 9.84 Å². The number of fused-ring (bicyclic) bond motifs is 1. The van der Waals surface area contributed by atoms with Gasteiger partial charge in [-0.3, -0.25) is 9.80 Å². The van der Waals surface area contributed by atoms with Gasteiger partial charge in [-0.05, 0) is 31.3 Å². The molecule has 2 aliphatic rings. The van der Waals surface area contributed by atoms with E-state index >= 15 is 0 Å². The fourth-order valence-corrected chi connectivity index (χ4v) is 6.09. The second-order valence-electron chi connectivity index (χ2n) is 7.07. The Bertz CT molecular complexity index is 878. The van der Waals surface area contributed by atoms with E-state index in [1.165, 1.54) is 0 Å². The molecule has 0 radical (unpaired) electrons. The molecule has 0 spiro atoms. The first-order valence-electron chi connectivity index (χ1n) is 8.78. The lowest BCUT2D eigenvalue weighted by Gasteiger charge is -2.42. The number of rotatable bonds is 4. The van der Waals surface area contributed by atoms with E-state index < -0.39 is 9.84 Å². The van der Waals surface area contributed by atoms with Crippen LogP contribution >= 0.6 is 0 Å². The van der Waals surface area contributed by atoms with Gasteiger partial charge in [-0.15, -0.1) is 0 Å². The van der Waals surface area contributed by atoms with Gasteiger partial charge in [0.25, 0.3) is 0 Å². The van der Waals surface area contributed by atoms with Gasteiger partial charge in [-0.1, -0.05) is 0 Å². The number of aromatic nitrogens is 2. The Hall–Kier alpha value is -1.90. The number of imidazole rings is 1. The highest BCUT2D eigenvalue weighted by atomic mass is 32.2. The highest BCUT2D eigenvalue weighted by molar-refractivity contribution is 7.91. The standard InChI is InChI=1S/C18H24N4O3S/c1-20-9-10-21(17-13-26(23,24)12-16(17)20)11-18-19-7-8-22(18)14-3-5-15(25-2)6-4-14/h3-8,16-17H,9-13H2,1-2H3/t16-,17+/m0/s1. The fourth-order valence-electron chi connectivity index (χ4n) is 4.01. The molecule has 2 atom stereocenters. The molecule has 3 heterocycles. The second-order valence-corrected chi connectivity index (χ2v) is 9.23. The van der Waals surface area contributed by atoms with Crippen molar-refractivity contribution in [3.63, 3.8) is 0 Å². The van der Waals surface area contributed by atoms with Crippen LogP contribution in [0, 0.1) is 0 Å². The summed E-state index contributed by atoms with van der Waals surface area (Å²) in [5.74, 6) is 2.24. The number of sulfone groups is 1. The molecule has 2 aliphatic heterocycles. The minimum atomic E-state index is -2.97. The summed E-state index contributed by atoms with van der Waals surface area (Å²) in [6, 6.07) is 7.97. The molecule has 0 saturated carbocycles. The predicted octanol–water partition coefficient (Wildman–Crippen LogP) is 0.794. The quantitative estimate of drug-likeness (QED) is 0.786. The van der Waals surface area contributed by atoms with Crippen molar-refractivity contribution in [3.05, 3.63) is 42.5 Å². The Balaban J connectivity index is 1.57. The van der Waals surface area contributed by atoms with Crippen molar-refractivity contribution in [2.24, 2.45) is 0 Å². The summed E-state index contributed by atoms with van der Waals surface area (Å²) in [6.45, 7) is 2.37. The maximum absolute atomic E-state index is 12.2. The number of piperazine rings is 1. The minimum absolute atomic E-state index is 0.0415. The van der Waals surface area contributed by atoms with Crippen molar-refractivity contribution in [1.29, 1.82) is 0 Å². The van der Waals surface area contributed by atoms with Crippen LogP contribution in [0.1, 0.15) is 5.82 Å². The Morgan fingerprint density at radius 2 is 1.88 bits per heavy atom. The van der Waals surface area contributed by atoms with Gasteiger partial charge in [0.05, 0.1) is 25.2 Å². The van der Waals surface area contributed by atoms with E-state index in [9.17, 15) is 8.42 Å². The molecule has 140 valence electrons. The van der Waals surface area contributed by atoms with Gasteiger partial charge >= 0.3 is 0 Å². The van der Waals surface area contributed by atoms with E-state index in [0.717, 1.165) is 30.4 Å². The smallest absolute Gasteiger partial charge is 0.153 e. The van der Waals surface area contributed by atoms with Crippen molar-refractivity contribution in [1.82, 2.24) is 19.4 Å². The number of hydrogen-bond donors (Lipinski definition) is 0. The minimum Gasteiger partial charge on any atom is -0.497 e. The van der Waals surface area contributed by atoms with E-state index in [4.69, 9.17) is 4.74 Å². The van der Waals surface area contributed by atoms with Gasteiger partial charge in [-0.2, -0.15) is 0 Å². The van der Waals surface area contributed by atoms with E-state index in [0.29, 0.717) is 6.54 Å². The first-order chi connectivity index (χ1) is 12.5. The zero-order chi connectivity index (χ0) is 18.3. The van der Waals surface area contributed by atoms with E-state index in [-0.39, 0.29) is 23.6 Å². The van der Waals surface area contributed by atoms with Crippen LogP contribution in [0.5, 0.6) is 5.75 Å². The Labute approximate surface area is 154 Å². The Morgan fingerprint density at radius 1 is 1.15 bits per heavy atom. The third-order valence-electron chi connectivity index (χ3n) is 5.48. The summed E-state index contributed by atoms with van der Waals surface area (Å²) in [5.41, 5.74) is 1.02. The van der Waals surface area contributed by atoms with Gasteiger partial charge < -0.3 is 9.30 Å². The average Bonchev–Trinajstić information content (AvgIpc) is 3.21. The molecule has 8 heteroatoms. The van der Waals surface area contributed by atoms with Crippen LogP contribution in [-0.2, 0) is 16.4 Å². The van der Waals surface area contributed by atoms with E-state index in [1.54, 1.807) is 13.3 Å². The molecular formula is C18H24N4O3S. The topological polar surface area (TPSA) is 67.7 Å². The number of hydrogen-bond acceptors (Lipinski definition) is 6. The summed E-state index contributed by atoms with van der Waals surface area (Å²) in [4.78, 5) is 8.98. The van der Waals surface area contributed by atoms with Crippen LogP contribution in [0.3, 0.4) is 0 Å². The molecule has 0 amide bonds. The molecule has 4 rings (SSSR count). The predicted molar refractivity (Wildman–Crippen MR) is 99.4 cm³/mol. The molecule has 26 heavy (non-hydrogen) atoms. The number of ether oxygens (including phenoxy) is 1. The molecule has 0 aliphatic carbocycles. The Morgan fingerprint density at radius 3 is 2.62 bits per heavy atom. The van der Waals surface area contributed by atoms with Crippen LogP contribution in [0.25, 0.3) is 5.69 Å². The van der Waals surface area contributed by atoms with Crippen LogP contribution < -0.4 is 4.74 Å². The van der Waals surface area contributed by atoms with Gasteiger partial charge in [0.1, 0.15) is 11.6 Å². The van der Waals surface area contributed by atoms with Crippen molar-refractivity contribution in [2.45, 2.75) is 18.6 Å². The molecule has 0 N–H and O–H groups in total. The van der Waals surface area contributed by atoms with E-state index in [2.05, 4.69) is 19.4 Å². The third kappa shape index (κ3) is 3.24. The van der Waals surface area contributed by atoms with Gasteiger partial charge in [0, 0.05) is 43.3 Å². The van der Waals surface area contributed by atoms with E-state index in [1.807, 2.05) is 37.5 Å². The average molecular weight is 376 g/mol. The normalized spacial score (nSPS) is 25.9. The fraction of sp³-hybridized carbons (Fsp3) is 0.500. The number of benzene rings is 1. The van der Waals surface area contributed by atoms with Crippen molar-refractivity contribution < 1.29 is 13.2 Å². The second kappa shape index (κ2) is 6.68. The van der Waals surface area contributed by atoms with Crippen molar-refractivity contribution in [3.8, 4) is 11.4 Å². The highest BCUT2D eigenvalue weighted by Crippen LogP contribution is 2.27. The summed E-state index contributed by atoms with van der Waals surface area (Å²) in [7, 11) is 0.704. The summed E-state index contributed by atoms with van der Waals surface area (Å²) >= 11 is 0. The maximum atomic E-state index is 12.2. The van der Waals surface area contributed by atoms with Crippen LogP contribution in [0.2, 0.25) is 0 Å². The maximum Gasteiger partial charge on any atom is 0.153 e. The van der Waals surface area contributed by atoms with Crippen LogP contribution in [0.15, 0.2) is 36.7 Å². The molecular weight excluding hydrogens is 352 g/mol. The summed E-state index contributed by atoms with van der Waals surface area (Å²) in [5, 5.41) is 0. The van der Waals surface area contributed by atoms with Crippen LogP contribution in [-0.4, -0.2) is 78.6 Å². The first-order valence-corrected chi connectivity index (χ1v) is 10.6. The highest BCUT2D eigenvalue weighted by Gasteiger charge is 2.45. The summed E-state index contributed by atoms with van der Waals surface area (Å²) < 4.78 is 31.6. The first kappa shape index (κ1) is 17.5. The zero-order valence-electron chi connectivity index (χ0n) is 15.1.